The topological polar surface area (TPSA) is 20.3 Å². The zero-order valence-electron chi connectivity index (χ0n) is 9.14. The van der Waals surface area contributed by atoms with Gasteiger partial charge in [0, 0.05) is 5.54 Å². The van der Waals surface area contributed by atoms with Gasteiger partial charge in [0.2, 0.25) is 0 Å². The molecule has 0 rings (SSSR count). The molecule has 0 heterocycles. The van der Waals surface area contributed by atoms with Crippen molar-refractivity contribution < 1.29 is 4.79 Å². The molecule has 0 spiro atoms. The van der Waals surface area contributed by atoms with Crippen LogP contribution in [0.2, 0.25) is 0 Å². The second-order valence-electron chi connectivity index (χ2n) is 4.06. The fourth-order valence-electron chi connectivity index (χ4n) is 1.05. The van der Waals surface area contributed by atoms with E-state index in [1.54, 1.807) is 6.92 Å². The van der Waals surface area contributed by atoms with Gasteiger partial charge in [-0.1, -0.05) is 6.92 Å². The summed E-state index contributed by atoms with van der Waals surface area (Å²) < 4.78 is 0. The number of nitrogens with zero attached hydrogens (tertiary/aromatic N) is 1. The maximum absolute atomic E-state index is 11.1. The standard InChI is InChI=1S/C10H21NO/c1-7-10(4,5)11(6)8(2)9(3)12/h8H,7H2,1-6H3. The van der Waals surface area contributed by atoms with Crippen molar-refractivity contribution in [2.24, 2.45) is 0 Å². The lowest BCUT2D eigenvalue weighted by Gasteiger charge is -2.38. The number of likely N-dealkylation sites (N-methyl/N-ethyl adjacent to an activating group) is 1. The van der Waals surface area contributed by atoms with Gasteiger partial charge in [0.05, 0.1) is 6.04 Å². The number of hydrogen-bond acceptors (Lipinski definition) is 2. The second-order valence-corrected chi connectivity index (χ2v) is 4.06. The molecule has 0 saturated carbocycles. The van der Waals surface area contributed by atoms with Crippen LogP contribution in [0.5, 0.6) is 0 Å². The summed E-state index contributed by atoms with van der Waals surface area (Å²) in [6, 6.07) is 0.0277. The quantitative estimate of drug-likeness (QED) is 0.645. The molecule has 0 bridgehead atoms. The van der Waals surface area contributed by atoms with Crippen molar-refractivity contribution in [1.29, 1.82) is 0 Å². The van der Waals surface area contributed by atoms with Crippen molar-refractivity contribution in [2.75, 3.05) is 7.05 Å². The van der Waals surface area contributed by atoms with Crippen LogP contribution in [0.3, 0.4) is 0 Å². The van der Waals surface area contributed by atoms with Crippen LogP contribution in [0.25, 0.3) is 0 Å². The molecule has 12 heavy (non-hydrogen) atoms. The van der Waals surface area contributed by atoms with Gasteiger partial charge in [-0.05, 0) is 41.2 Å². The third-order valence-corrected chi connectivity index (χ3v) is 2.99. The van der Waals surface area contributed by atoms with Crippen LogP contribution in [-0.2, 0) is 4.79 Å². The lowest BCUT2D eigenvalue weighted by atomic mass is 9.97. The lowest BCUT2D eigenvalue weighted by molar-refractivity contribution is -0.123. The van der Waals surface area contributed by atoms with Gasteiger partial charge in [-0.25, -0.2) is 0 Å². The van der Waals surface area contributed by atoms with Gasteiger partial charge in [0.25, 0.3) is 0 Å². The SMILES string of the molecule is CCC(C)(C)N(C)C(C)C(C)=O. The Morgan fingerprint density at radius 2 is 1.92 bits per heavy atom. The Morgan fingerprint density at radius 3 is 2.17 bits per heavy atom. The Kier molecular flexibility index (Phi) is 3.91. The maximum atomic E-state index is 11.1. The Morgan fingerprint density at radius 1 is 1.50 bits per heavy atom. The molecule has 0 aromatic carbocycles. The van der Waals surface area contributed by atoms with Crippen LogP contribution in [0.1, 0.15) is 41.0 Å². The van der Waals surface area contributed by atoms with Gasteiger partial charge in [-0.2, -0.15) is 0 Å². The third-order valence-electron chi connectivity index (χ3n) is 2.99. The highest BCUT2D eigenvalue weighted by Crippen LogP contribution is 2.19. The zero-order valence-corrected chi connectivity index (χ0v) is 9.14. The van der Waals surface area contributed by atoms with Crippen molar-refractivity contribution in [1.82, 2.24) is 4.90 Å². The van der Waals surface area contributed by atoms with Gasteiger partial charge in [-0.15, -0.1) is 0 Å². The molecule has 72 valence electrons. The largest absolute Gasteiger partial charge is 0.298 e. The van der Waals surface area contributed by atoms with Crippen molar-refractivity contribution in [2.45, 2.75) is 52.6 Å². The first-order chi connectivity index (χ1) is 5.33. The van der Waals surface area contributed by atoms with E-state index >= 15 is 0 Å². The minimum Gasteiger partial charge on any atom is -0.298 e. The Balaban J connectivity index is 4.37. The van der Waals surface area contributed by atoms with E-state index in [0.717, 1.165) is 6.42 Å². The number of Topliss-reactive ketones (excluding diaryl/α,β-unsaturated/α-hetero) is 1. The number of carbonyl (C=O) groups excluding carboxylic acids is 1. The lowest BCUT2D eigenvalue weighted by Crippen LogP contribution is -2.48. The maximum Gasteiger partial charge on any atom is 0.146 e. The van der Waals surface area contributed by atoms with E-state index in [0.29, 0.717) is 0 Å². The van der Waals surface area contributed by atoms with Crippen molar-refractivity contribution in [3.05, 3.63) is 0 Å². The van der Waals surface area contributed by atoms with E-state index in [1.807, 2.05) is 14.0 Å². The minimum atomic E-state index is 0.0277. The number of carbonyl (C=O) groups is 1. The molecule has 0 aromatic heterocycles. The predicted octanol–water partition coefficient (Wildman–Crippen LogP) is 2.08. The van der Waals surface area contributed by atoms with Crippen LogP contribution in [0, 0.1) is 0 Å². The molecule has 0 fully saturated rings. The highest BCUT2D eigenvalue weighted by Gasteiger charge is 2.27. The van der Waals surface area contributed by atoms with E-state index in [2.05, 4.69) is 25.7 Å². The summed E-state index contributed by atoms with van der Waals surface area (Å²) in [4.78, 5) is 13.2. The Bertz CT molecular complexity index is 163. The first kappa shape index (κ1) is 11.6. The Hall–Kier alpha value is -0.370. The van der Waals surface area contributed by atoms with E-state index in [1.165, 1.54) is 0 Å². The highest BCUT2D eigenvalue weighted by molar-refractivity contribution is 5.81. The molecule has 1 unspecified atom stereocenters. The summed E-state index contributed by atoms with van der Waals surface area (Å²) in [5.41, 5.74) is 0.116. The van der Waals surface area contributed by atoms with Crippen LogP contribution >= 0.6 is 0 Å². The molecule has 1 atom stereocenters. The average Bonchev–Trinajstić information content (AvgIpc) is 2.01. The summed E-state index contributed by atoms with van der Waals surface area (Å²) in [6.45, 7) is 10.1. The summed E-state index contributed by atoms with van der Waals surface area (Å²) >= 11 is 0. The molecule has 0 amide bonds. The first-order valence-corrected chi connectivity index (χ1v) is 4.56. The summed E-state index contributed by atoms with van der Waals surface area (Å²) in [5.74, 6) is 0.235. The van der Waals surface area contributed by atoms with Crippen molar-refractivity contribution >= 4 is 5.78 Å². The van der Waals surface area contributed by atoms with Crippen molar-refractivity contribution in [3.8, 4) is 0 Å². The molecular formula is C10H21NO. The van der Waals surface area contributed by atoms with Gasteiger partial charge >= 0.3 is 0 Å². The van der Waals surface area contributed by atoms with E-state index in [4.69, 9.17) is 0 Å². The summed E-state index contributed by atoms with van der Waals surface area (Å²) in [7, 11) is 2.01. The van der Waals surface area contributed by atoms with Gasteiger partial charge in [-0.3, -0.25) is 9.69 Å². The smallest absolute Gasteiger partial charge is 0.146 e. The first-order valence-electron chi connectivity index (χ1n) is 4.56. The van der Waals surface area contributed by atoms with Crippen LogP contribution in [-0.4, -0.2) is 29.3 Å². The minimum absolute atomic E-state index is 0.0277. The van der Waals surface area contributed by atoms with E-state index in [-0.39, 0.29) is 17.4 Å². The molecule has 0 saturated heterocycles. The number of ketones is 1. The van der Waals surface area contributed by atoms with E-state index < -0.39 is 0 Å². The van der Waals surface area contributed by atoms with Crippen LogP contribution in [0.15, 0.2) is 0 Å². The second kappa shape index (κ2) is 4.04. The summed E-state index contributed by atoms with van der Waals surface area (Å²) in [6.07, 6.45) is 1.06. The normalized spacial score (nSPS) is 14.9. The number of hydrogen-bond donors (Lipinski definition) is 0. The molecule has 0 aromatic rings. The van der Waals surface area contributed by atoms with Gasteiger partial charge < -0.3 is 0 Å². The highest BCUT2D eigenvalue weighted by atomic mass is 16.1. The molecule has 0 aliphatic carbocycles. The molecular weight excluding hydrogens is 150 g/mol. The average molecular weight is 171 g/mol. The van der Waals surface area contributed by atoms with Crippen molar-refractivity contribution in [3.63, 3.8) is 0 Å². The Labute approximate surface area is 75.9 Å². The molecule has 2 nitrogen and oxygen atoms in total. The fraction of sp³-hybridized carbons (Fsp3) is 0.900. The summed E-state index contributed by atoms with van der Waals surface area (Å²) in [5, 5.41) is 0. The molecule has 0 aliphatic rings. The monoisotopic (exact) mass is 171 g/mol. The third kappa shape index (κ3) is 2.59. The van der Waals surface area contributed by atoms with Crippen LogP contribution in [0.4, 0.5) is 0 Å². The molecule has 0 aliphatic heterocycles. The zero-order chi connectivity index (χ0) is 9.94. The molecule has 2 heteroatoms. The van der Waals surface area contributed by atoms with E-state index in [9.17, 15) is 4.79 Å². The number of rotatable bonds is 4. The predicted molar refractivity (Wildman–Crippen MR) is 52.3 cm³/mol. The molecule has 0 radical (unpaired) electrons. The molecule has 0 N–H and O–H groups in total. The van der Waals surface area contributed by atoms with Crippen LogP contribution < -0.4 is 0 Å². The van der Waals surface area contributed by atoms with Gasteiger partial charge in [0.1, 0.15) is 5.78 Å². The fourth-order valence-corrected chi connectivity index (χ4v) is 1.05. The van der Waals surface area contributed by atoms with Gasteiger partial charge in [0.15, 0.2) is 0 Å².